The summed E-state index contributed by atoms with van der Waals surface area (Å²) in [5.41, 5.74) is 1.75. The third kappa shape index (κ3) is 3.46. The van der Waals surface area contributed by atoms with E-state index in [1.807, 2.05) is 0 Å². The van der Waals surface area contributed by atoms with Crippen molar-refractivity contribution in [3.05, 3.63) is 41.0 Å². The summed E-state index contributed by atoms with van der Waals surface area (Å²) in [5.74, 6) is 5.63. The Bertz CT molecular complexity index is 631. The molecule has 98 valence electrons. The SMILES string of the molecule is Cc1nonc1COc1cc(F)ccc1C#CCCl. The largest absolute Gasteiger partial charge is 0.486 e. The number of benzene rings is 1. The van der Waals surface area contributed by atoms with Crippen molar-refractivity contribution in [1.82, 2.24) is 10.3 Å². The summed E-state index contributed by atoms with van der Waals surface area (Å²) < 4.78 is 23.3. The molecule has 0 radical (unpaired) electrons. The Hall–Kier alpha value is -2.06. The van der Waals surface area contributed by atoms with Crippen LogP contribution in [-0.2, 0) is 6.61 Å². The molecule has 0 aliphatic heterocycles. The lowest BCUT2D eigenvalue weighted by atomic mass is 10.2. The van der Waals surface area contributed by atoms with Crippen LogP contribution in [0.4, 0.5) is 4.39 Å². The van der Waals surface area contributed by atoms with Crippen LogP contribution in [0.25, 0.3) is 0 Å². The second-order valence-corrected chi connectivity index (χ2v) is 3.93. The zero-order valence-corrected chi connectivity index (χ0v) is 10.9. The highest BCUT2D eigenvalue weighted by molar-refractivity contribution is 6.19. The van der Waals surface area contributed by atoms with Crippen molar-refractivity contribution in [1.29, 1.82) is 0 Å². The number of aryl methyl sites for hydroxylation is 1. The minimum Gasteiger partial charge on any atom is -0.486 e. The lowest BCUT2D eigenvalue weighted by Crippen LogP contribution is -2.00. The first-order chi connectivity index (χ1) is 9.20. The Labute approximate surface area is 114 Å². The van der Waals surface area contributed by atoms with Gasteiger partial charge in [0, 0.05) is 6.07 Å². The fraction of sp³-hybridized carbons (Fsp3) is 0.231. The number of rotatable bonds is 3. The molecule has 1 aromatic carbocycles. The van der Waals surface area contributed by atoms with Gasteiger partial charge in [0.1, 0.15) is 29.6 Å². The molecule has 4 nitrogen and oxygen atoms in total. The fourth-order valence-corrected chi connectivity index (χ4v) is 1.44. The van der Waals surface area contributed by atoms with E-state index in [4.69, 9.17) is 16.3 Å². The number of alkyl halides is 1. The minimum atomic E-state index is -0.401. The molecular formula is C13H10ClFN2O2. The predicted molar refractivity (Wildman–Crippen MR) is 67.4 cm³/mol. The molecule has 2 aromatic rings. The molecule has 0 amide bonds. The first kappa shape index (κ1) is 13.4. The van der Waals surface area contributed by atoms with Crippen LogP contribution in [0.2, 0.25) is 0 Å². The summed E-state index contributed by atoms with van der Waals surface area (Å²) in [5, 5.41) is 7.32. The van der Waals surface area contributed by atoms with Crippen molar-refractivity contribution in [2.75, 3.05) is 5.88 Å². The third-order valence-electron chi connectivity index (χ3n) is 2.34. The highest BCUT2D eigenvalue weighted by atomic mass is 35.5. The van der Waals surface area contributed by atoms with Gasteiger partial charge in [-0.25, -0.2) is 9.02 Å². The highest BCUT2D eigenvalue weighted by Gasteiger charge is 2.08. The van der Waals surface area contributed by atoms with Gasteiger partial charge in [-0.3, -0.25) is 0 Å². The molecule has 1 aromatic heterocycles. The quantitative estimate of drug-likeness (QED) is 0.641. The van der Waals surface area contributed by atoms with E-state index in [9.17, 15) is 4.39 Å². The molecule has 0 bridgehead atoms. The molecule has 0 N–H and O–H groups in total. The molecule has 0 saturated carbocycles. The molecular weight excluding hydrogens is 271 g/mol. The summed E-state index contributed by atoms with van der Waals surface area (Å²) in [7, 11) is 0. The second-order valence-electron chi connectivity index (χ2n) is 3.66. The van der Waals surface area contributed by atoms with Gasteiger partial charge >= 0.3 is 0 Å². The van der Waals surface area contributed by atoms with Crippen LogP contribution in [0.3, 0.4) is 0 Å². The molecule has 0 aliphatic rings. The normalized spacial score (nSPS) is 9.84. The Morgan fingerprint density at radius 3 is 2.95 bits per heavy atom. The Balaban J connectivity index is 2.18. The van der Waals surface area contributed by atoms with Gasteiger partial charge in [-0.2, -0.15) is 0 Å². The number of hydrogen-bond acceptors (Lipinski definition) is 4. The van der Waals surface area contributed by atoms with Crippen LogP contribution >= 0.6 is 11.6 Å². The number of nitrogens with zero attached hydrogens (tertiary/aromatic N) is 2. The van der Waals surface area contributed by atoms with Crippen molar-refractivity contribution in [2.24, 2.45) is 0 Å². The van der Waals surface area contributed by atoms with Crippen molar-refractivity contribution < 1.29 is 13.8 Å². The number of halogens is 2. The van der Waals surface area contributed by atoms with E-state index in [2.05, 4.69) is 26.8 Å². The molecule has 19 heavy (non-hydrogen) atoms. The molecule has 0 spiro atoms. The van der Waals surface area contributed by atoms with Gasteiger partial charge in [0.2, 0.25) is 0 Å². The van der Waals surface area contributed by atoms with Crippen LogP contribution in [0.15, 0.2) is 22.8 Å². The van der Waals surface area contributed by atoms with Crippen LogP contribution < -0.4 is 4.74 Å². The Morgan fingerprint density at radius 1 is 1.42 bits per heavy atom. The molecule has 6 heteroatoms. The monoisotopic (exact) mass is 280 g/mol. The summed E-state index contributed by atoms with van der Waals surface area (Å²) in [4.78, 5) is 0. The van der Waals surface area contributed by atoms with E-state index >= 15 is 0 Å². The molecule has 2 rings (SSSR count). The minimum absolute atomic E-state index is 0.133. The van der Waals surface area contributed by atoms with E-state index < -0.39 is 5.82 Å². The maximum absolute atomic E-state index is 13.2. The predicted octanol–water partition coefficient (Wildman–Crippen LogP) is 2.69. The fourth-order valence-electron chi connectivity index (χ4n) is 1.37. The third-order valence-corrected chi connectivity index (χ3v) is 2.48. The van der Waals surface area contributed by atoms with Crippen LogP contribution in [0, 0.1) is 24.6 Å². The van der Waals surface area contributed by atoms with E-state index in [-0.39, 0.29) is 12.5 Å². The van der Waals surface area contributed by atoms with E-state index in [0.29, 0.717) is 22.7 Å². The van der Waals surface area contributed by atoms with Gasteiger partial charge in [-0.1, -0.05) is 22.2 Å². The number of ether oxygens (including phenoxy) is 1. The summed E-state index contributed by atoms with van der Waals surface area (Å²) >= 11 is 5.49. The zero-order valence-electron chi connectivity index (χ0n) is 10.1. The van der Waals surface area contributed by atoms with Gasteiger partial charge in [-0.15, -0.1) is 11.6 Å². The summed E-state index contributed by atoms with van der Waals surface area (Å²) in [6.07, 6.45) is 0. The van der Waals surface area contributed by atoms with Crippen molar-refractivity contribution in [2.45, 2.75) is 13.5 Å². The average Bonchev–Trinajstić information content (AvgIpc) is 2.81. The number of aromatic nitrogens is 2. The first-order valence-corrected chi connectivity index (χ1v) is 5.99. The average molecular weight is 281 g/mol. The van der Waals surface area contributed by atoms with E-state index in [1.54, 1.807) is 6.92 Å². The van der Waals surface area contributed by atoms with Gasteiger partial charge in [0.05, 0.1) is 11.4 Å². The van der Waals surface area contributed by atoms with Gasteiger partial charge in [0.15, 0.2) is 0 Å². The second kappa shape index (κ2) is 6.21. The molecule has 1 heterocycles. The smallest absolute Gasteiger partial charge is 0.145 e. The standard InChI is InChI=1S/C13H10ClFN2O2/c1-9-12(17-19-16-9)8-18-13-7-11(15)5-4-10(13)3-2-6-14/h4-5,7H,6,8H2,1H3. The molecule has 0 fully saturated rings. The first-order valence-electron chi connectivity index (χ1n) is 5.46. The van der Waals surface area contributed by atoms with Crippen molar-refractivity contribution >= 4 is 11.6 Å². The van der Waals surface area contributed by atoms with Crippen LogP contribution in [0.5, 0.6) is 5.75 Å². The van der Waals surface area contributed by atoms with Crippen molar-refractivity contribution in [3.63, 3.8) is 0 Å². The maximum atomic E-state index is 13.2. The molecule has 0 atom stereocenters. The van der Waals surface area contributed by atoms with E-state index in [0.717, 1.165) is 0 Å². The summed E-state index contributed by atoms with van der Waals surface area (Å²) in [6, 6.07) is 4.12. The van der Waals surface area contributed by atoms with Gasteiger partial charge < -0.3 is 4.74 Å². The molecule has 0 aliphatic carbocycles. The van der Waals surface area contributed by atoms with Crippen molar-refractivity contribution in [3.8, 4) is 17.6 Å². The summed E-state index contributed by atoms with van der Waals surface area (Å²) in [6.45, 7) is 1.88. The highest BCUT2D eigenvalue weighted by Crippen LogP contribution is 2.20. The molecule has 0 unspecified atom stereocenters. The maximum Gasteiger partial charge on any atom is 0.145 e. The zero-order chi connectivity index (χ0) is 13.7. The van der Waals surface area contributed by atoms with Crippen LogP contribution in [-0.4, -0.2) is 16.2 Å². The molecule has 0 saturated heterocycles. The van der Waals surface area contributed by atoms with Crippen LogP contribution in [0.1, 0.15) is 17.0 Å². The lowest BCUT2D eigenvalue weighted by molar-refractivity contribution is 0.269. The van der Waals surface area contributed by atoms with Gasteiger partial charge in [0.25, 0.3) is 0 Å². The van der Waals surface area contributed by atoms with Gasteiger partial charge in [-0.05, 0) is 19.1 Å². The Morgan fingerprint density at radius 2 is 2.26 bits per heavy atom. The Kier molecular flexibility index (Phi) is 4.37. The number of hydrogen-bond donors (Lipinski definition) is 0. The lowest BCUT2D eigenvalue weighted by Gasteiger charge is -2.06. The topological polar surface area (TPSA) is 48.2 Å². The van der Waals surface area contributed by atoms with E-state index in [1.165, 1.54) is 18.2 Å².